The summed E-state index contributed by atoms with van der Waals surface area (Å²) in [7, 11) is -3.51. The van der Waals surface area contributed by atoms with Crippen LogP contribution in [0.15, 0.2) is 53.5 Å². The van der Waals surface area contributed by atoms with Crippen LogP contribution in [0.3, 0.4) is 0 Å². The first-order valence-electron chi connectivity index (χ1n) is 6.30. The van der Waals surface area contributed by atoms with Gasteiger partial charge in [0, 0.05) is 0 Å². The Morgan fingerprint density at radius 1 is 1.05 bits per heavy atom. The second kappa shape index (κ2) is 5.63. The molecule has 0 aliphatic heterocycles. The number of carbonyl (C=O) groups is 1. The molecule has 0 radical (unpaired) electrons. The highest BCUT2D eigenvalue weighted by Gasteiger charge is 2.24. The van der Waals surface area contributed by atoms with Crippen LogP contribution in [0, 0.1) is 0 Å². The van der Waals surface area contributed by atoms with Gasteiger partial charge in [-0.3, -0.25) is 4.79 Å². The van der Waals surface area contributed by atoms with E-state index >= 15 is 0 Å². The zero-order valence-corrected chi connectivity index (χ0v) is 12.1. The van der Waals surface area contributed by atoms with Crippen LogP contribution in [-0.2, 0) is 14.6 Å². The summed E-state index contributed by atoms with van der Waals surface area (Å²) in [5.74, 6) is 0.431. The van der Waals surface area contributed by atoms with Gasteiger partial charge in [0.25, 0.3) is 0 Å². The molecule has 0 bridgehead atoms. The van der Waals surface area contributed by atoms with Gasteiger partial charge >= 0.3 is 0 Å². The van der Waals surface area contributed by atoms with Crippen LogP contribution in [0.1, 0.15) is 13.8 Å². The summed E-state index contributed by atoms with van der Waals surface area (Å²) >= 11 is 0. The Balaban J connectivity index is 2.24. The van der Waals surface area contributed by atoms with E-state index in [1.165, 1.54) is 36.4 Å². The molecular weight excluding hydrogens is 276 g/mol. The normalized spacial score (nSPS) is 15.8. The van der Waals surface area contributed by atoms with Crippen molar-refractivity contribution in [3.05, 3.63) is 48.6 Å². The molecule has 0 heterocycles. The average Bonchev–Trinajstić information content (AvgIpc) is 2.39. The highest BCUT2D eigenvalue weighted by molar-refractivity contribution is 7.92. The van der Waals surface area contributed by atoms with E-state index in [2.05, 4.69) is 0 Å². The lowest BCUT2D eigenvalue weighted by Gasteiger charge is -2.13. The number of hydrogen-bond acceptors (Lipinski definition) is 4. The molecule has 0 saturated heterocycles. The number of allylic oxidation sites excluding steroid dienone is 2. The van der Waals surface area contributed by atoms with Crippen molar-refractivity contribution in [2.75, 3.05) is 0 Å². The Labute approximate surface area is 118 Å². The fourth-order valence-corrected chi connectivity index (χ4v) is 3.24. The molecule has 1 aliphatic rings. The number of carbonyl (C=O) groups excluding carboxylic acids is 1. The topological polar surface area (TPSA) is 60.4 Å². The monoisotopic (exact) mass is 292 g/mol. The van der Waals surface area contributed by atoms with Crippen LogP contribution in [0.2, 0.25) is 0 Å². The van der Waals surface area contributed by atoms with Crippen LogP contribution >= 0.6 is 0 Å². The van der Waals surface area contributed by atoms with Crippen LogP contribution < -0.4 is 4.74 Å². The van der Waals surface area contributed by atoms with Crippen molar-refractivity contribution in [2.24, 2.45) is 0 Å². The van der Waals surface area contributed by atoms with E-state index < -0.39 is 15.1 Å². The predicted octanol–water partition coefficient (Wildman–Crippen LogP) is 2.31. The van der Waals surface area contributed by atoms with Crippen molar-refractivity contribution < 1.29 is 17.9 Å². The van der Waals surface area contributed by atoms with Crippen molar-refractivity contribution >= 4 is 15.6 Å². The lowest BCUT2D eigenvalue weighted by molar-refractivity contribution is -0.110. The molecule has 0 N–H and O–H groups in total. The Bertz CT molecular complexity index is 636. The molecular formula is C15H16O4S. The van der Waals surface area contributed by atoms with Crippen LogP contribution in [-0.4, -0.2) is 25.6 Å². The Hall–Kier alpha value is -1.88. The SMILES string of the molecule is CC(C)Oc1ccc(S(=O)(=O)C2C=CC(=O)C=C2)cc1. The minimum atomic E-state index is -3.51. The van der Waals surface area contributed by atoms with Gasteiger partial charge in [0.05, 0.1) is 11.0 Å². The quantitative estimate of drug-likeness (QED) is 0.854. The molecule has 1 aromatic carbocycles. The number of hydrogen-bond donors (Lipinski definition) is 0. The van der Waals surface area contributed by atoms with Crippen LogP contribution in [0.5, 0.6) is 5.75 Å². The molecule has 20 heavy (non-hydrogen) atoms. The minimum absolute atomic E-state index is 0.0349. The summed E-state index contributed by atoms with van der Waals surface area (Å²) in [4.78, 5) is 11.2. The van der Waals surface area contributed by atoms with Gasteiger partial charge < -0.3 is 4.74 Å². The maximum atomic E-state index is 12.4. The Morgan fingerprint density at radius 2 is 1.60 bits per heavy atom. The van der Waals surface area contributed by atoms with Gasteiger partial charge in [-0.25, -0.2) is 8.42 Å². The molecule has 5 heteroatoms. The van der Waals surface area contributed by atoms with E-state index in [0.29, 0.717) is 5.75 Å². The van der Waals surface area contributed by atoms with Gasteiger partial charge in [-0.05, 0) is 50.3 Å². The molecule has 106 valence electrons. The summed E-state index contributed by atoms with van der Waals surface area (Å²) < 4.78 is 30.2. The fourth-order valence-electron chi connectivity index (χ4n) is 1.84. The zero-order valence-electron chi connectivity index (χ0n) is 11.3. The van der Waals surface area contributed by atoms with Crippen LogP contribution in [0.25, 0.3) is 0 Å². The molecule has 0 unspecified atom stereocenters. The van der Waals surface area contributed by atoms with Gasteiger partial charge in [-0.2, -0.15) is 0 Å². The van der Waals surface area contributed by atoms with Gasteiger partial charge in [0.15, 0.2) is 15.6 Å². The highest BCUT2D eigenvalue weighted by atomic mass is 32.2. The first-order chi connectivity index (χ1) is 9.39. The molecule has 0 atom stereocenters. The number of ether oxygens (including phenoxy) is 1. The van der Waals surface area contributed by atoms with E-state index in [9.17, 15) is 13.2 Å². The van der Waals surface area contributed by atoms with Crippen molar-refractivity contribution in [3.8, 4) is 5.75 Å². The first-order valence-corrected chi connectivity index (χ1v) is 7.85. The highest BCUT2D eigenvalue weighted by Crippen LogP contribution is 2.23. The van der Waals surface area contributed by atoms with E-state index in [0.717, 1.165) is 0 Å². The average molecular weight is 292 g/mol. The van der Waals surface area contributed by atoms with Crippen molar-refractivity contribution in [1.82, 2.24) is 0 Å². The van der Waals surface area contributed by atoms with Crippen molar-refractivity contribution in [2.45, 2.75) is 30.1 Å². The number of benzene rings is 1. The van der Waals surface area contributed by atoms with Gasteiger partial charge in [0.2, 0.25) is 0 Å². The minimum Gasteiger partial charge on any atom is -0.491 e. The molecule has 0 fully saturated rings. The maximum Gasteiger partial charge on any atom is 0.188 e. The number of rotatable bonds is 4. The summed E-state index contributed by atoms with van der Waals surface area (Å²) in [6, 6.07) is 6.30. The molecule has 0 spiro atoms. The van der Waals surface area contributed by atoms with E-state index in [1.54, 1.807) is 12.1 Å². The Morgan fingerprint density at radius 3 is 2.10 bits per heavy atom. The van der Waals surface area contributed by atoms with Crippen molar-refractivity contribution in [1.29, 1.82) is 0 Å². The molecule has 4 nitrogen and oxygen atoms in total. The van der Waals surface area contributed by atoms with Gasteiger partial charge in [-0.15, -0.1) is 0 Å². The van der Waals surface area contributed by atoms with Crippen molar-refractivity contribution in [3.63, 3.8) is 0 Å². The second-order valence-electron chi connectivity index (χ2n) is 4.77. The largest absolute Gasteiger partial charge is 0.491 e. The lowest BCUT2D eigenvalue weighted by Crippen LogP contribution is -2.19. The third-order valence-electron chi connectivity index (χ3n) is 2.78. The smallest absolute Gasteiger partial charge is 0.188 e. The third-order valence-corrected chi connectivity index (χ3v) is 4.74. The van der Waals surface area contributed by atoms with E-state index in [-0.39, 0.29) is 16.8 Å². The molecule has 2 rings (SSSR count). The van der Waals surface area contributed by atoms with Gasteiger partial charge in [-0.1, -0.05) is 12.2 Å². The number of sulfone groups is 1. The van der Waals surface area contributed by atoms with Gasteiger partial charge in [0.1, 0.15) is 11.0 Å². The second-order valence-corrected chi connectivity index (χ2v) is 6.87. The summed E-state index contributed by atoms with van der Waals surface area (Å²) in [5, 5.41) is -0.794. The van der Waals surface area contributed by atoms with E-state index in [4.69, 9.17) is 4.74 Å². The first kappa shape index (κ1) is 14.5. The van der Waals surface area contributed by atoms with E-state index in [1.807, 2.05) is 13.8 Å². The molecule has 0 aromatic heterocycles. The summed E-state index contributed by atoms with van der Waals surface area (Å²) in [5.41, 5.74) is 0. The molecule has 1 aliphatic carbocycles. The Kier molecular flexibility index (Phi) is 4.09. The van der Waals surface area contributed by atoms with Crippen LogP contribution in [0.4, 0.5) is 0 Å². The predicted molar refractivity (Wildman–Crippen MR) is 76.5 cm³/mol. The standard InChI is InChI=1S/C15H16O4S/c1-11(2)19-13-5-9-15(10-6-13)20(17,18)14-7-3-12(16)4-8-14/h3-11,14H,1-2H3. The lowest BCUT2D eigenvalue weighted by atomic mass is 10.2. The molecule has 0 saturated carbocycles. The summed E-state index contributed by atoms with van der Waals surface area (Å²) in [6.45, 7) is 3.80. The third kappa shape index (κ3) is 3.17. The molecule has 1 aromatic rings. The zero-order chi connectivity index (χ0) is 14.8. The fraction of sp³-hybridized carbons (Fsp3) is 0.267. The number of ketones is 1. The molecule has 0 amide bonds. The summed E-state index contributed by atoms with van der Waals surface area (Å²) in [6.07, 6.45) is 5.39. The maximum absolute atomic E-state index is 12.4.